The maximum atomic E-state index is 12.3. The van der Waals surface area contributed by atoms with E-state index in [1.807, 2.05) is 0 Å². The van der Waals surface area contributed by atoms with E-state index in [4.69, 9.17) is 4.74 Å². The standard InChI is InChI=1S/C18H17F4NO3S/c1-25-15-10-11(2-7-14(15)26-17(19)20)8-9-23-16(24)12-3-5-13(6-4-12)27-18(21)22/h2-7,10,17-18H,8-9H2,1H3,(H,23,24). The molecule has 0 spiro atoms. The molecule has 9 heteroatoms. The van der Waals surface area contributed by atoms with E-state index in [1.54, 1.807) is 12.1 Å². The number of thioether (sulfide) groups is 1. The molecule has 2 rings (SSSR count). The van der Waals surface area contributed by atoms with Gasteiger partial charge in [-0.2, -0.15) is 17.6 Å². The fourth-order valence-electron chi connectivity index (χ4n) is 2.27. The summed E-state index contributed by atoms with van der Waals surface area (Å²) in [5.41, 5.74) is 1.12. The Labute approximate surface area is 157 Å². The molecule has 0 radical (unpaired) electrons. The van der Waals surface area contributed by atoms with Crippen LogP contribution in [0.15, 0.2) is 47.4 Å². The van der Waals surface area contributed by atoms with E-state index in [9.17, 15) is 22.4 Å². The van der Waals surface area contributed by atoms with Crippen molar-refractivity contribution in [2.45, 2.75) is 23.7 Å². The number of alkyl halides is 4. The van der Waals surface area contributed by atoms with Crippen LogP contribution in [0.2, 0.25) is 0 Å². The highest BCUT2D eigenvalue weighted by Gasteiger charge is 2.12. The first-order valence-electron chi connectivity index (χ1n) is 7.84. The van der Waals surface area contributed by atoms with Gasteiger partial charge in [-0.15, -0.1) is 0 Å². The zero-order valence-corrected chi connectivity index (χ0v) is 15.1. The average Bonchev–Trinajstić information content (AvgIpc) is 2.62. The summed E-state index contributed by atoms with van der Waals surface area (Å²) in [6, 6.07) is 10.4. The van der Waals surface area contributed by atoms with Gasteiger partial charge < -0.3 is 14.8 Å². The molecular weight excluding hydrogens is 386 g/mol. The highest BCUT2D eigenvalue weighted by atomic mass is 32.2. The molecule has 0 aliphatic carbocycles. The van der Waals surface area contributed by atoms with Gasteiger partial charge in [0.05, 0.1) is 7.11 Å². The first kappa shape index (κ1) is 20.9. The van der Waals surface area contributed by atoms with Gasteiger partial charge in [-0.05, 0) is 48.4 Å². The second kappa shape index (κ2) is 10.1. The van der Waals surface area contributed by atoms with E-state index in [0.29, 0.717) is 35.2 Å². The maximum Gasteiger partial charge on any atom is 0.387 e. The second-order valence-electron chi connectivity index (χ2n) is 5.27. The fraction of sp³-hybridized carbons (Fsp3) is 0.278. The number of carbonyl (C=O) groups is 1. The third-order valence-corrected chi connectivity index (χ3v) is 4.21. The van der Waals surface area contributed by atoms with Crippen LogP contribution in [0.5, 0.6) is 11.5 Å². The monoisotopic (exact) mass is 403 g/mol. The molecular formula is C18H17F4NO3S. The molecule has 27 heavy (non-hydrogen) atoms. The molecule has 0 saturated carbocycles. The molecule has 0 saturated heterocycles. The van der Waals surface area contributed by atoms with Gasteiger partial charge in [0, 0.05) is 17.0 Å². The average molecular weight is 403 g/mol. The van der Waals surface area contributed by atoms with Gasteiger partial charge >= 0.3 is 6.61 Å². The Bertz CT molecular complexity index is 757. The number of rotatable bonds is 9. The number of amides is 1. The molecule has 0 unspecified atom stereocenters. The lowest BCUT2D eigenvalue weighted by molar-refractivity contribution is -0.0512. The van der Waals surface area contributed by atoms with Gasteiger partial charge in [0.1, 0.15) is 0 Å². The summed E-state index contributed by atoms with van der Waals surface area (Å²) in [7, 11) is 1.34. The van der Waals surface area contributed by atoms with Crippen molar-refractivity contribution in [2.24, 2.45) is 0 Å². The van der Waals surface area contributed by atoms with Crippen LogP contribution in [0, 0.1) is 0 Å². The summed E-state index contributed by atoms with van der Waals surface area (Å²) in [4.78, 5) is 12.4. The summed E-state index contributed by atoms with van der Waals surface area (Å²) in [5.74, 6) is -2.75. The molecule has 2 aromatic rings. The molecule has 1 N–H and O–H groups in total. The number of ether oxygens (including phenoxy) is 2. The highest BCUT2D eigenvalue weighted by molar-refractivity contribution is 7.99. The van der Waals surface area contributed by atoms with Gasteiger partial charge in [0.2, 0.25) is 0 Å². The Hall–Kier alpha value is -2.42. The van der Waals surface area contributed by atoms with Gasteiger partial charge in [-0.25, -0.2) is 0 Å². The Morgan fingerprint density at radius 1 is 1.07 bits per heavy atom. The van der Waals surface area contributed by atoms with E-state index in [1.165, 1.54) is 37.4 Å². The van der Waals surface area contributed by atoms with Gasteiger partial charge in [-0.3, -0.25) is 4.79 Å². The minimum atomic E-state index is -2.95. The van der Waals surface area contributed by atoms with Crippen LogP contribution in [0.1, 0.15) is 15.9 Å². The molecule has 0 atom stereocenters. The third-order valence-electron chi connectivity index (χ3n) is 3.48. The van der Waals surface area contributed by atoms with E-state index in [2.05, 4.69) is 10.1 Å². The number of hydrogen-bond donors (Lipinski definition) is 1. The normalized spacial score (nSPS) is 10.9. The predicted molar refractivity (Wildman–Crippen MR) is 94.0 cm³/mol. The summed E-state index contributed by atoms with van der Waals surface area (Å²) in [6.07, 6.45) is 0.441. The number of nitrogens with one attached hydrogen (secondary N) is 1. The van der Waals surface area contributed by atoms with Crippen LogP contribution >= 0.6 is 11.8 Å². The number of benzene rings is 2. The molecule has 0 bridgehead atoms. The zero-order valence-electron chi connectivity index (χ0n) is 14.3. The summed E-state index contributed by atoms with van der Waals surface area (Å²) in [5, 5.41) is 2.71. The molecule has 0 heterocycles. The van der Waals surface area contributed by atoms with Crippen LogP contribution in [-0.4, -0.2) is 31.9 Å². The maximum absolute atomic E-state index is 12.3. The van der Waals surface area contributed by atoms with E-state index >= 15 is 0 Å². The lowest BCUT2D eigenvalue weighted by Gasteiger charge is -2.12. The molecule has 4 nitrogen and oxygen atoms in total. The lowest BCUT2D eigenvalue weighted by atomic mass is 10.1. The van der Waals surface area contributed by atoms with Crippen LogP contribution < -0.4 is 14.8 Å². The quantitative estimate of drug-likeness (QED) is 0.492. The topological polar surface area (TPSA) is 47.6 Å². The number of halogens is 4. The molecule has 2 aromatic carbocycles. The van der Waals surface area contributed by atoms with Crippen molar-refractivity contribution < 1.29 is 31.8 Å². The predicted octanol–water partition coefficient (Wildman–Crippen LogP) is 4.58. The Kier molecular flexibility index (Phi) is 7.78. The van der Waals surface area contributed by atoms with E-state index < -0.39 is 12.4 Å². The third kappa shape index (κ3) is 6.67. The van der Waals surface area contributed by atoms with Gasteiger partial charge in [0.25, 0.3) is 11.7 Å². The molecule has 146 valence electrons. The summed E-state index contributed by atoms with van der Waals surface area (Å²) >= 11 is 0.408. The Balaban J connectivity index is 1.89. The smallest absolute Gasteiger partial charge is 0.387 e. The molecule has 0 fully saturated rings. The van der Waals surface area contributed by atoms with Crippen molar-refractivity contribution in [1.29, 1.82) is 0 Å². The molecule has 0 aliphatic heterocycles. The molecule has 0 aliphatic rings. The van der Waals surface area contributed by atoms with Crippen LogP contribution in [0.3, 0.4) is 0 Å². The first-order chi connectivity index (χ1) is 12.9. The van der Waals surface area contributed by atoms with Crippen molar-refractivity contribution in [1.82, 2.24) is 5.32 Å². The zero-order chi connectivity index (χ0) is 19.8. The molecule has 0 aromatic heterocycles. The van der Waals surface area contributed by atoms with Crippen molar-refractivity contribution in [3.05, 3.63) is 53.6 Å². The van der Waals surface area contributed by atoms with Crippen molar-refractivity contribution in [3.8, 4) is 11.5 Å². The lowest BCUT2D eigenvalue weighted by Crippen LogP contribution is -2.25. The van der Waals surface area contributed by atoms with Crippen molar-refractivity contribution >= 4 is 17.7 Å². The second-order valence-corrected chi connectivity index (χ2v) is 6.34. The van der Waals surface area contributed by atoms with Crippen molar-refractivity contribution in [3.63, 3.8) is 0 Å². The van der Waals surface area contributed by atoms with Crippen molar-refractivity contribution in [2.75, 3.05) is 13.7 Å². The molecule has 1 amide bonds. The van der Waals surface area contributed by atoms with Gasteiger partial charge in [0.15, 0.2) is 11.5 Å². The largest absolute Gasteiger partial charge is 0.493 e. The number of methoxy groups -OCH3 is 1. The minimum absolute atomic E-state index is 0.0676. The Morgan fingerprint density at radius 2 is 1.78 bits per heavy atom. The number of carbonyl (C=O) groups excluding carboxylic acids is 1. The first-order valence-corrected chi connectivity index (χ1v) is 8.72. The Morgan fingerprint density at radius 3 is 2.37 bits per heavy atom. The van der Waals surface area contributed by atoms with E-state index in [0.717, 1.165) is 5.56 Å². The fourth-order valence-corrected chi connectivity index (χ4v) is 2.77. The van der Waals surface area contributed by atoms with Gasteiger partial charge in [-0.1, -0.05) is 17.8 Å². The van der Waals surface area contributed by atoms with E-state index in [-0.39, 0.29) is 17.4 Å². The van der Waals surface area contributed by atoms with Crippen LogP contribution in [-0.2, 0) is 6.42 Å². The van der Waals surface area contributed by atoms with Crippen LogP contribution in [0.4, 0.5) is 17.6 Å². The van der Waals surface area contributed by atoms with Crippen LogP contribution in [0.25, 0.3) is 0 Å². The summed E-state index contributed by atoms with van der Waals surface area (Å²) < 4.78 is 58.6. The minimum Gasteiger partial charge on any atom is -0.493 e. The SMILES string of the molecule is COc1cc(CCNC(=O)c2ccc(SC(F)F)cc2)ccc1OC(F)F. The summed E-state index contributed by atoms with van der Waals surface area (Å²) in [6.45, 7) is -2.65. The number of hydrogen-bond acceptors (Lipinski definition) is 4. The highest BCUT2D eigenvalue weighted by Crippen LogP contribution is 2.29.